The van der Waals surface area contributed by atoms with E-state index in [1.807, 2.05) is 42.5 Å². The van der Waals surface area contributed by atoms with Gasteiger partial charge in [0.1, 0.15) is 6.54 Å². The topological polar surface area (TPSA) is 68.5 Å². The highest BCUT2D eigenvalue weighted by atomic mass is 16.5. The van der Waals surface area contributed by atoms with Crippen molar-refractivity contribution < 1.29 is 9.53 Å². The molecule has 2 heterocycles. The highest BCUT2D eigenvalue weighted by Crippen LogP contribution is 2.34. The Balaban J connectivity index is 1.88. The number of fused-ring (bicyclic) bond motifs is 1. The minimum absolute atomic E-state index is 0.0171. The molecule has 4 rings (SSSR count). The number of aryl methyl sites for hydroxylation is 3. The van der Waals surface area contributed by atoms with Gasteiger partial charge in [0, 0.05) is 25.2 Å². The van der Waals surface area contributed by atoms with Crippen LogP contribution in [0.25, 0.3) is 22.3 Å². The molecule has 7 heteroatoms. The van der Waals surface area contributed by atoms with Gasteiger partial charge >= 0.3 is 11.7 Å². The van der Waals surface area contributed by atoms with Crippen molar-refractivity contribution >= 4 is 28.3 Å². The number of rotatable bonds is 7. The first-order chi connectivity index (χ1) is 15.5. The molecule has 0 saturated heterocycles. The van der Waals surface area contributed by atoms with Gasteiger partial charge in [-0.05, 0) is 57.0 Å². The fraction of sp³-hybridized carbons (Fsp3) is 0.360. The summed E-state index contributed by atoms with van der Waals surface area (Å²) < 4.78 is 8.80. The van der Waals surface area contributed by atoms with Gasteiger partial charge in [-0.3, -0.25) is 18.9 Å². The summed E-state index contributed by atoms with van der Waals surface area (Å²) in [5, 5.41) is 1.87. The molecule has 3 aromatic rings. The van der Waals surface area contributed by atoms with E-state index in [9.17, 15) is 9.59 Å². The summed E-state index contributed by atoms with van der Waals surface area (Å²) in [6.07, 6.45) is 0. The summed E-state index contributed by atoms with van der Waals surface area (Å²) in [5.74, 6) is -0.276. The summed E-state index contributed by atoms with van der Waals surface area (Å²) in [5.41, 5.74) is 10.5. The van der Waals surface area contributed by atoms with Crippen LogP contribution in [0.2, 0.25) is 0 Å². The third-order valence-electron chi connectivity index (χ3n) is 5.89. The van der Waals surface area contributed by atoms with Gasteiger partial charge in [0.15, 0.2) is 0 Å². The van der Waals surface area contributed by atoms with E-state index in [1.54, 1.807) is 4.57 Å². The molecular weight excluding hydrogens is 404 g/mol. The fourth-order valence-corrected chi connectivity index (χ4v) is 4.45. The lowest BCUT2D eigenvalue weighted by molar-refractivity contribution is -0.144. The highest BCUT2D eigenvalue weighted by molar-refractivity contribution is 5.95. The zero-order chi connectivity index (χ0) is 22.8. The van der Waals surface area contributed by atoms with Gasteiger partial charge in [-0.15, -0.1) is 0 Å². The van der Waals surface area contributed by atoms with E-state index in [0.717, 1.165) is 39.0 Å². The average molecular weight is 435 g/mol. The second-order valence-electron chi connectivity index (χ2n) is 7.90. The Kier molecular flexibility index (Phi) is 6.19. The first kappa shape index (κ1) is 21.9. The zero-order valence-electron chi connectivity index (χ0n) is 19.1. The maximum absolute atomic E-state index is 12.8. The Morgan fingerprint density at radius 3 is 2.44 bits per heavy atom. The number of benzene rings is 2. The van der Waals surface area contributed by atoms with E-state index in [4.69, 9.17) is 4.74 Å². The molecule has 0 radical (unpaired) electrons. The molecule has 1 N–H and O–H groups in total. The lowest BCUT2D eigenvalue weighted by atomic mass is 9.99. The van der Waals surface area contributed by atoms with E-state index in [1.165, 1.54) is 0 Å². The molecule has 1 aliphatic rings. The van der Waals surface area contributed by atoms with Crippen LogP contribution in [0.1, 0.15) is 37.5 Å². The zero-order valence-corrected chi connectivity index (χ0v) is 19.1. The number of nitrogens with zero attached hydrogens (tertiary/aromatic N) is 3. The Morgan fingerprint density at radius 1 is 1.00 bits per heavy atom. The number of hydrazine groups is 1. The van der Waals surface area contributed by atoms with Gasteiger partial charge in [-0.2, -0.15) is 0 Å². The third-order valence-corrected chi connectivity index (χ3v) is 5.89. The van der Waals surface area contributed by atoms with Crippen LogP contribution in [0.4, 0.5) is 0 Å². The van der Waals surface area contributed by atoms with Gasteiger partial charge < -0.3 is 4.74 Å². The summed E-state index contributed by atoms with van der Waals surface area (Å²) >= 11 is 0. The minimum atomic E-state index is -0.276. The predicted octanol–water partition coefficient (Wildman–Crippen LogP) is 3.40. The van der Waals surface area contributed by atoms with Crippen molar-refractivity contribution in [1.29, 1.82) is 0 Å². The van der Waals surface area contributed by atoms with Crippen molar-refractivity contribution in [2.24, 2.45) is 0 Å². The van der Waals surface area contributed by atoms with E-state index in [0.29, 0.717) is 26.2 Å². The standard InChI is InChI=1S/C25H30N4O3/c1-5-27-21-12-11-18(14-22(21)28(6-2)25(27)31)20-15-26-29(16-23(30)32-7-3)24(20)19-10-8-9-17(4)13-19/h8-14,26H,5-7,15-16H2,1-4H3. The highest BCUT2D eigenvalue weighted by Gasteiger charge is 2.27. The number of carbonyl (C=O) groups is 1. The van der Waals surface area contributed by atoms with Crippen molar-refractivity contribution in [3.63, 3.8) is 0 Å². The Hall–Kier alpha value is -3.32. The Morgan fingerprint density at radius 2 is 1.75 bits per heavy atom. The SMILES string of the molecule is CCOC(=O)CN1NCC(c2ccc3c(c2)n(CC)c(=O)n3CC)=C1c1cccc(C)c1. The lowest BCUT2D eigenvalue weighted by Gasteiger charge is -2.22. The van der Waals surface area contributed by atoms with Crippen LogP contribution in [0.3, 0.4) is 0 Å². The summed E-state index contributed by atoms with van der Waals surface area (Å²) in [6.45, 7) is 10.1. The first-order valence-electron chi connectivity index (χ1n) is 11.2. The van der Waals surface area contributed by atoms with E-state index in [-0.39, 0.29) is 18.2 Å². The van der Waals surface area contributed by atoms with Crippen molar-refractivity contribution in [2.75, 3.05) is 19.7 Å². The average Bonchev–Trinajstić information content (AvgIpc) is 3.30. The molecule has 2 aromatic carbocycles. The van der Waals surface area contributed by atoms with Crippen LogP contribution in [0.5, 0.6) is 0 Å². The summed E-state index contributed by atoms with van der Waals surface area (Å²) in [6, 6.07) is 14.4. The summed E-state index contributed by atoms with van der Waals surface area (Å²) in [4.78, 5) is 25.0. The van der Waals surface area contributed by atoms with E-state index >= 15 is 0 Å². The Bertz CT molecular complexity index is 1250. The van der Waals surface area contributed by atoms with Crippen LogP contribution < -0.4 is 11.1 Å². The molecule has 0 saturated carbocycles. The number of esters is 1. The van der Waals surface area contributed by atoms with Crippen LogP contribution in [-0.4, -0.2) is 39.8 Å². The number of carbonyl (C=O) groups excluding carboxylic acids is 1. The molecule has 168 valence electrons. The Labute approximate surface area is 187 Å². The molecule has 1 aliphatic heterocycles. The molecule has 0 fully saturated rings. The normalized spacial score (nSPS) is 13.9. The van der Waals surface area contributed by atoms with Gasteiger partial charge in [0.25, 0.3) is 0 Å². The second kappa shape index (κ2) is 9.04. The largest absolute Gasteiger partial charge is 0.465 e. The number of hydrogen-bond acceptors (Lipinski definition) is 5. The maximum atomic E-state index is 12.8. The number of ether oxygens (including phenoxy) is 1. The van der Waals surface area contributed by atoms with Crippen molar-refractivity contribution in [3.05, 3.63) is 69.6 Å². The van der Waals surface area contributed by atoms with Gasteiger partial charge in [-0.1, -0.05) is 29.8 Å². The molecule has 0 atom stereocenters. The molecule has 0 spiro atoms. The van der Waals surface area contributed by atoms with Gasteiger partial charge in [0.2, 0.25) is 0 Å². The monoisotopic (exact) mass is 434 g/mol. The molecule has 0 bridgehead atoms. The van der Waals surface area contributed by atoms with Crippen molar-refractivity contribution in [2.45, 2.75) is 40.8 Å². The number of nitrogens with one attached hydrogen (secondary N) is 1. The number of hydrogen-bond donors (Lipinski definition) is 1. The molecule has 0 unspecified atom stereocenters. The quantitative estimate of drug-likeness (QED) is 0.577. The predicted molar refractivity (Wildman–Crippen MR) is 127 cm³/mol. The smallest absolute Gasteiger partial charge is 0.329 e. The molecule has 0 amide bonds. The second-order valence-corrected chi connectivity index (χ2v) is 7.90. The van der Waals surface area contributed by atoms with Gasteiger partial charge in [-0.25, -0.2) is 10.2 Å². The molecule has 0 aliphatic carbocycles. The molecular formula is C25H30N4O3. The molecule has 1 aromatic heterocycles. The molecule has 7 nitrogen and oxygen atoms in total. The van der Waals surface area contributed by atoms with Crippen LogP contribution >= 0.6 is 0 Å². The van der Waals surface area contributed by atoms with E-state index < -0.39 is 0 Å². The first-order valence-corrected chi connectivity index (χ1v) is 11.2. The minimum Gasteiger partial charge on any atom is -0.465 e. The number of aromatic nitrogens is 2. The number of imidazole rings is 1. The lowest BCUT2D eigenvalue weighted by Crippen LogP contribution is -2.36. The maximum Gasteiger partial charge on any atom is 0.329 e. The molecule has 32 heavy (non-hydrogen) atoms. The van der Waals surface area contributed by atoms with Crippen molar-refractivity contribution in [3.8, 4) is 0 Å². The van der Waals surface area contributed by atoms with Crippen LogP contribution in [-0.2, 0) is 22.6 Å². The van der Waals surface area contributed by atoms with Crippen LogP contribution in [0.15, 0.2) is 47.3 Å². The van der Waals surface area contributed by atoms with Gasteiger partial charge in [0.05, 0.1) is 23.3 Å². The van der Waals surface area contributed by atoms with E-state index in [2.05, 4.69) is 42.7 Å². The third kappa shape index (κ3) is 3.84. The van der Waals surface area contributed by atoms with Crippen molar-refractivity contribution in [1.82, 2.24) is 19.6 Å². The van der Waals surface area contributed by atoms with Crippen LogP contribution in [0, 0.1) is 6.92 Å². The summed E-state index contributed by atoms with van der Waals surface area (Å²) in [7, 11) is 0. The fourth-order valence-electron chi connectivity index (χ4n) is 4.45.